The van der Waals surface area contributed by atoms with Crippen molar-refractivity contribution in [3.05, 3.63) is 29.9 Å². The van der Waals surface area contributed by atoms with Crippen molar-refractivity contribution in [1.29, 1.82) is 0 Å². The van der Waals surface area contributed by atoms with Crippen LogP contribution in [-0.4, -0.2) is 60.8 Å². The first-order valence-electron chi connectivity index (χ1n) is 7.63. The van der Waals surface area contributed by atoms with Gasteiger partial charge in [0.05, 0.1) is 6.54 Å². The molecule has 23 heavy (non-hydrogen) atoms. The van der Waals surface area contributed by atoms with E-state index in [2.05, 4.69) is 35.1 Å². The number of aromatic nitrogens is 6. The van der Waals surface area contributed by atoms with Gasteiger partial charge >= 0.3 is 0 Å². The number of aryl methyl sites for hydroxylation is 2. The first kappa shape index (κ1) is 14.1. The number of rotatable bonds is 3. The number of hydrogen-bond donors (Lipinski definition) is 0. The Morgan fingerprint density at radius 1 is 1.13 bits per heavy atom. The number of fused-ring (bicyclic) bond motifs is 1. The molecule has 0 spiro atoms. The van der Waals surface area contributed by atoms with Crippen LogP contribution in [0.2, 0.25) is 0 Å². The molecule has 0 aliphatic carbocycles. The van der Waals surface area contributed by atoms with Crippen molar-refractivity contribution in [1.82, 2.24) is 34.6 Å². The monoisotopic (exact) mass is 314 g/mol. The molecule has 1 fully saturated rings. The maximum atomic E-state index is 5.02. The molecule has 4 rings (SSSR count). The van der Waals surface area contributed by atoms with Crippen molar-refractivity contribution in [3.63, 3.8) is 0 Å². The van der Waals surface area contributed by atoms with Crippen LogP contribution in [0.15, 0.2) is 16.9 Å². The first-order valence-corrected chi connectivity index (χ1v) is 7.63. The van der Waals surface area contributed by atoms with E-state index in [-0.39, 0.29) is 0 Å². The molecule has 3 aromatic heterocycles. The quantitative estimate of drug-likeness (QED) is 0.688. The molecule has 0 atom stereocenters. The minimum Gasteiger partial charge on any atom is -0.351 e. The molecule has 0 unspecified atom stereocenters. The van der Waals surface area contributed by atoms with Gasteiger partial charge in [-0.25, -0.2) is 4.98 Å². The molecule has 0 N–H and O–H groups in total. The van der Waals surface area contributed by atoms with Crippen molar-refractivity contribution in [2.24, 2.45) is 0 Å². The normalized spacial score (nSPS) is 16.3. The highest BCUT2D eigenvalue weighted by Crippen LogP contribution is 2.19. The zero-order valence-corrected chi connectivity index (χ0v) is 13.2. The summed E-state index contributed by atoms with van der Waals surface area (Å²) in [5.41, 5.74) is 0.812. The SMILES string of the molecule is Cc1nc(CN2CCN(c3nccn4c(C)nnc34)CC2)no1. The van der Waals surface area contributed by atoms with Crippen LogP contribution in [0, 0.1) is 13.8 Å². The van der Waals surface area contributed by atoms with Crippen LogP contribution < -0.4 is 4.90 Å². The van der Waals surface area contributed by atoms with E-state index in [9.17, 15) is 0 Å². The van der Waals surface area contributed by atoms with Crippen molar-refractivity contribution in [2.75, 3.05) is 31.1 Å². The summed E-state index contributed by atoms with van der Waals surface area (Å²) in [5, 5.41) is 12.3. The second-order valence-corrected chi connectivity index (χ2v) is 5.68. The molecule has 9 nitrogen and oxygen atoms in total. The molecule has 4 heterocycles. The minimum absolute atomic E-state index is 0.608. The van der Waals surface area contributed by atoms with Crippen molar-refractivity contribution in [3.8, 4) is 0 Å². The molecular formula is C14H18N8O. The summed E-state index contributed by atoms with van der Waals surface area (Å²) in [6, 6.07) is 0. The van der Waals surface area contributed by atoms with Gasteiger partial charge < -0.3 is 9.42 Å². The lowest BCUT2D eigenvalue weighted by molar-refractivity contribution is 0.239. The lowest BCUT2D eigenvalue weighted by atomic mass is 10.3. The number of hydrogen-bond acceptors (Lipinski definition) is 8. The largest absolute Gasteiger partial charge is 0.351 e. The highest BCUT2D eigenvalue weighted by atomic mass is 16.5. The van der Waals surface area contributed by atoms with Crippen molar-refractivity contribution >= 4 is 11.5 Å². The molecule has 0 amide bonds. The van der Waals surface area contributed by atoms with E-state index in [0.717, 1.165) is 49.3 Å². The molecule has 3 aromatic rings. The second kappa shape index (κ2) is 5.58. The fourth-order valence-corrected chi connectivity index (χ4v) is 2.88. The summed E-state index contributed by atoms with van der Waals surface area (Å²) in [6.45, 7) is 8.07. The van der Waals surface area contributed by atoms with Crippen LogP contribution in [0.3, 0.4) is 0 Å². The van der Waals surface area contributed by atoms with Crippen LogP contribution >= 0.6 is 0 Å². The number of anilines is 1. The molecule has 0 aromatic carbocycles. The minimum atomic E-state index is 0.608. The Hall–Kier alpha value is -2.55. The van der Waals surface area contributed by atoms with Gasteiger partial charge in [0.1, 0.15) is 5.82 Å². The van der Waals surface area contributed by atoms with Gasteiger partial charge in [0, 0.05) is 45.5 Å². The predicted molar refractivity (Wildman–Crippen MR) is 82.0 cm³/mol. The van der Waals surface area contributed by atoms with Gasteiger partial charge in [-0.3, -0.25) is 9.30 Å². The van der Waals surface area contributed by atoms with Crippen LogP contribution in [0.25, 0.3) is 5.65 Å². The summed E-state index contributed by atoms with van der Waals surface area (Å²) in [6.07, 6.45) is 3.69. The first-order chi connectivity index (χ1) is 11.2. The highest BCUT2D eigenvalue weighted by molar-refractivity contribution is 5.63. The number of piperazine rings is 1. The second-order valence-electron chi connectivity index (χ2n) is 5.68. The average Bonchev–Trinajstić information content (AvgIpc) is 3.14. The Labute approximate surface area is 132 Å². The standard InChI is InChI=1S/C14H18N8O/c1-10-17-18-14-13(15-3-4-22(10)14)21-7-5-20(6-8-21)9-12-16-11(2)23-19-12/h3-4H,5-9H2,1-2H3. The van der Waals surface area contributed by atoms with E-state index < -0.39 is 0 Å². The third-order valence-electron chi connectivity index (χ3n) is 4.09. The van der Waals surface area contributed by atoms with Crippen LogP contribution in [0.5, 0.6) is 0 Å². The molecule has 0 radical (unpaired) electrons. The van der Waals surface area contributed by atoms with Gasteiger partial charge in [0.15, 0.2) is 11.6 Å². The van der Waals surface area contributed by atoms with E-state index in [1.807, 2.05) is 17.5 Å². The summed E-state index contributed by atoms with van der Waals surface area (Å²) < 4.78 is 6.99. The molecular weight excluding hydrogens is 296 g/mol. The van der Waals surface area contributed by atoms with Gasteiger partial charge in [0.2, 0.25) is 11.5 Å². The average molecular weight is 314 g/mol. The van der Waals surface area contributed by atoms with E-state index in [4.69, 9.17) is 4.52 Å². The topological polar surface area (TPSA) is 88.5 Å². The number of nitrogens with zero attached hydrogens (tertiary/aromatic N) is 8. The molecule has 9 heteroatoms. The smallest absolute Gasteiger partial charge is 0.223 e. The van der Waals surface area contributed by atoms with Crippen LogP contribution in [0.1, 0.15) is 17.5 Å². The molecule has 120 valence electrons. The maximum absolute atomic E-state index is 5.02. The summed E-state index contributed by atoms with van der Waals surface area (Å²) in [7, 11) is 0. The Morgan fingerprint density at radius 3 is 2.70 bits per heavy atom. The van der Waals surface area contributed by atoms with E-state index in [1.165, 1.54) is 0 Å². The summed E-state index contributed by atoms with van der Waals surface area (Å²) in [4.78, 5) is 13.3. The lowest BCUT2D eigenvalue weighted by Gasteiger charge is -2.34. The zero-order chi connectivity index (χ0) is 15.8. The molecule has 1 aliphatic heterocycles. The zero-order valence-electron chi connectivity index (χ0n) is 13.2. The Balaban J connectivity index is 1.46. The summed E-state index contributed by atoms with van der Waals surface area (Å²) >= 11 is 0. The van der Waals surface area contributed by atoms with E-state index in [0.29, 0.717) is 12.4 Å². The Morgan fingerprint density at radius 2 is 1.96 bits per heavy atom. The van der Waals surface area contributed by atoms with Gasteiger partial charge in [0.25, 0.3) is 0 Å². The predicted octanol–water partition coefficient (Wildman–Crippen LogP) is 0.446. The van der Waals surface area contributed by atoms with Crippen molar-refractivity contribution < 1.29 is 4.52 Å². The van der Waals surface area contributed by atoms with Gasteiger partial charge in [-0.15, -0.1) is 10.2 Å². The van der Waals surface area contributed by atoms with Crippen molar-refractivity contribution in [2.45, 2.75) is 20.4 Å². The van der Waals surface area contributed by atoms with Gasteiger partial charge in [-0.1, -0.05) is 5.16 Å². The third-order valence-corrected chi connectivity index (χ3v) is 4.09. The maximum Gasteiger partial charge on any atom is 0.223 e. The van der Waals surface area contributed by atoms with Crippen LogP contribution in [0.4, 0.5) is 5.82 Å². The highest BCUT2D eigenvalue weighted by Gasteiger charge is 2.22. The van der Waals surface area contributed by atoms with E-state index >= 15 is 0 Å². The lowest BCUT2D eigenvalue weighted by Crippen LogP contribution is -2.46. The molecule has 1 saturated heterocycles. The molecule has 1 aliphatic rings. The molecule has 0 bridgehead atoms. The fraction of sp³-hybridized carbons (Fsp3) is 0.500. The Kier molecular flexibility index (Phi) is 3.41. The fourth-order valence-electron chi connectivity index (χ4n) is 2.88. The van der Waals surface area contributed by atoms with Gasteiger partial charge in [-0.05, 0) is 6.92 Å². The Bertz CT molecular complexity index is 817. The van der Waals surface area contributed by atoms with Crippen LogP contribution in [-0.2, 0) is 6.54 Å². The molecule has 0 saturated carbocycles. The van der Waals surface area contributed by atoms with E-state index in [1.54, 1.807) is 13.1 Å². The van der Waals surface area contributed by atoms with Gasteiger partial charge in [-0.2, -0.15) is 4.98 Å². The third kappa shape index (κ3) is 2.63. The summed E-state index contributed by atoms with van der Waals surface area (Å²) in [5.74, 6) is 3.11.